The van der Waals surface area contributed by atoms with Crippen LogP contribution in [-0.2, 0) is 27.0 Å². The average molecular weight is 432 g/mol. The molecular weight excluding hydrogens is 409 g/mol. The van der Waals surface area contributed by atoms with Gasteiger partial charge in [-0.1, -0.05) is 0 Å². The Morgan fingerprint density at radius 2 is 1.97 bits per heavy atom. The highest BCUT2D eigenvalue weighted by Gasteiger charge is 2.35. The number of likely N-dealkylation sites (tertiary alicyclic amines) is 1. The van der Waals surface area contributed by atoms with Gasteiger partial charge in [0.2, 0.25) is 12.2 Å². The van der Waals surface area contributed by atoms with Crippen molar-refractivity contribution < 1.29 is 27.4 Å². The zero-order valence-electron chi connectivity index (χ0n) is 16.4. The molecule has 2 aromatic heterocycles. The summed E-state index contributed by atoms with van der Waals surface area (Å²) in [4.78, 5) is 18.8. The summed E-state index contributed by atoms with van der Waals surface area (Å²) in [7, 11) is 3.10. The monoisotopic (exact) mass is 432 g/mol. The molecule has 1 aliphatic rings. The molecule has 1 fully saturated rings. The molecule has 1 saturated heterocycles. The van der Waals surface area contributed by atoms with Crippen LogP contribution in [0.25, 0.3) is 0 Å². The highest BCUT2D eigenvalue weighted by atomic mass is 32.1. The van der Waals surface area contributed by atoms with Crippen molar-refractivity contribution in [1.29, 1.82) is 0 Å². The van der Waals surface area contributed by atoms with Gasteiger partial charge in [-0.25, -0.2) is 4.98 Å². The number of ether oxygens (including phenoxy) is 2. The number of carbonyl (C=O) groups excluding carboxylic acids is 1. The zero-order chi connectivity index (χ0) is 21.2. The minimum absolute atomic E-state index is 0.197. The lowest BCUT2D eigenvalue weighted by atomic mass is 9.97. The normalized spacial score (nSPS) is 16.0. The second kappa shape index (κ2) is 8.80. The maximum Gasteiger partial charge on any atom is 0.435 e. The summed E-state index contributed by atoms with van der Waals surface area (Å²) in [5.74, 6) is -0.00235. The van der Waals surface area contributed by atoms with Crippen molar-refractivity contribution in [3.8, 4) is 0 Å². The number of carbonyl (C=O) groups is 1. The lowest BCUT2D eigenvalue weighted by Crippen LogP contribution is -2.40. The predicted octanol–water partition coefficient (Wildman–Crippen LogP) is 3.36. The molecule has 160 valence electrons. The fourth-order valence-corrected chi connectivity index (χ4v) is 4.34. The van der Waals surface area contributed by atoms with E-state index < -0.39 is 18.2 Å². The molecule has 0 aliphatic carbocycles. The van der Waals surface area contributed by atoms with Gasteiger partial charge in [0.15, 0.2) is 5.69 Å². The number of aryl methyl sites for hydroxylation is 1. The number of hydrogen-bond donors (Lipinski definition) is 0. The molecule has 0 spiro atoms. The summed E-state index contributed by atoms with van der Waals surface area (Å²) in [6, 6.07) is 0.951. The third-order valence-corrected chi connectivity index (χ3v) is 5.99. The Morgan fingerprint density at radius 1 is 1.31 bits per heavy atom. The second-order valence-corrected chi connectivity index (χ2v) is 7.79. The van der Waals surface area contributed by atoms with E-state index >= 15 is 0 Å². The number of amides is 1. The van der Waals surface area contributed by atoms with Gasteiger partial charge < -0.3 is 14.4 Å². The third-order valence-electron chi connectivity index (χ3n) is 4.96. The number of thiazole rings is 1. The van der Waals surface area contributed by atoms with Crippen LogP contribution < -0.4 is 0 Å². The lowest BCUT2D eigenvalue weighted by molar-refractivity contribution is -0.142. The molecule has 1 aliphatic heterocycles. The van der Waals surface area contributed by atoms with Gasteiger partial charge in [0.05, 0.1) is 5.01 Å². The van der Waals surface area contributed by atoms with Crippen LogP contribution in [-0.4, -0.2) is 52.9 Å². The smallest absolute Gasteiger partial charge is 0.350 e. The molecule has 2 aromatic rings. The zero-order valence-corrected chi connectivity index (χ0v) is 17.2. The summed E-state index contributed by atoms with van der Waals surface area (Å²) in [6.07, 6.45) is -3.53. The van der Waals surface area contributed by atoms with E-state index in [4.69, 9.17) is 9.47 Å². The highest BCUT2D eigenvalue weighted by Crippen LogP contribution is 2.32. The molecule has 0 saturated carbocycles. The van der Waals surface area contributed by atoms with E-state index in [9.17, 15) is 18.0 Å². The lowest BCUT2D eigenvalue weighted by Gasteiger charge is -2.31. The number of methoxy groups -OCH3 is 2. The van der Waals surface area contributed by atoms with E-state index in [2.05, 4.69) is 10.1 Å². The summed E-state index contributed by atoms with van der Waals surface area (Å²) in [5.41, 5.74) is 0.0522. The third kappa shape index (κ3) is 4.96. The summed E-state index contributed by atoms with van der Waals surface area (Å²) in [5, 5.41) is 6.41. The molecule has 29 heavy (non-hydrogen) atoms. The van der Waals surface area contributed by atoms with Crippen LogP contribution in [0.5, 0.6) is 0 Å². The fourth-order valence-electron chi connectivity index (χ4n) is 3.35. The quantitative estimate of drug-likeness (QED) is 0.655. The molecule has 0 unspecified atom stereocenters. The van der Waals surface area contributed by atoms with Crippen LogP contribution in [0.15, 0.2) is 11.4 Å². The molecule has 0 radical (unpaired) electrons. The number of rotatable bonds is 6. The van der Waals surface area contributed by atoms with E-state index in [1.807, 2.05) is 5.38 Å². The first-order chi connectivity index (χ1) is 13.7. The van der Waals surface area contributed by atoms with Gasteiger partial charge in [-0.2, -0.15) is 18.3 Å². The number of alkyl halides is 3. The maximum atomic E-state index is 12.8. The standard InChI is InChI=1S/C18H23F3N4O3S/c1-11-8-14(18(19,20)21)23-25(11)9-15(26)24-6-4-12(5-7-24)16-22-13(10-29-16)17(27-2)28-3/h8,10,12,17H,4-7,9H2,1-3H3. The van der Waals surface area contributed by atoms with Crippen LogP contribution in [0, 0.1) is 6.92 Å². The SMILES string of the molecule is COC(OC)c1csc(C2CCN(C(=O)Cn3nc(C(F)(F)F)cc3C)CC2)n1. The van der Waals surface area contributed by atoms with Gasteiger partial charge in [-0.05, 0) is 25.8 Å². The van der Waals surface area contributed by atoms with Gasteiger partial charge in [-0.15, -0.1) is 11.3 Å². The average Bonchev–Trinajstić information content (AvgIpc) is 3.30. The molecule has 3 heterocycles. The summed E-state index contributed by atoms with van der Waals surface area (Å²) >= 11 is 1.54. The van der Waals surface area contributed by atoms with E-state index in [-0.39, 0.29) is 18.4 Å². The van der Waals surface area contributed by atoms with E-state index in [0.717, 1.165) is 34.3 Å². The van der Waals surface area contributed by atoms with E-state index in [1.165, 1.54) is 18.3 Å². The second-order valence-electron chi connectivity index (χ2n) is 6.90. The predicted molar refractivity (Wildman–Crippen MR) is 99.4 cm³/mol. The number of hydrogen-bond acceptors (Lipinski definition) is 6. The Morgan fingerprint density at radius 3 is 2.52 bits per heavy atom. The molecular formula is C18H23F3N4O3S. The van der Waals surface area contributed by atoms with Gasteiger partial charge in [-0.3, -0.25) is 9.48 Å². The minimum atomic E-state index is -4.52. The van der Waals surface area contributed by atoms with Gasteiger partial charge in [0.1, 0.15) is 12.2 Å². The first-order valence-electron chi connectivity index (χ1n) is 9.13. The number of nitrogens with zero attached hydrogens (tertiary/aromatic N) is 4. The van der Waals surface area contributed by atoms with Crippen molar-refractivity contribution in [3.63, 3.8) is 0 Å². The van der Waals surface area contributed by atoms with Crippen molar-refractivity contribution in [2.45, 2.75) is 44.7 Å². The van der Waals surface area contributed by atoms with Crippen LogP contribution >= 0.6 is 11.3 Å². The number of halogens is 3. The summed E-state index contributed by atoms with van der Waals surface area (Å²) < 4.78 is 49.9. The fraction of sp³-hybridized carbons (Fsp3) is 0.611. The molecule has 7 nitrogen and oxygen atoms in total. The van der Waals surface area contributed by atoms with Crippen LogP contribution in [0.4, 0.5) is 13.2 Å². The Labute approximate surface area is 170 Å². The van der Waals surface area contributed by atoms with Crippen molar-refractivity contribution in [3.05, 3.63) is 33.5 Å². The molecule has 0 atom stereocenters. The molecule has 0 bridgehead atoms. The van der Waals surface area contributed by atoms with Crippen LogP contribution in [0.1, 0.15) is 47.1 Å². The molecule has 0 aromatic carbocycles. The Hall–Kier alpha value is -1.98. The molecule has 3 rings (SSSR count). The first kappa shape index (κ1) is 21.7. The van der Waals surface area contributed by atoms with Crippen LogP contribution in [0.3, 0.4) is 0 Å². The molecule has 0 N–H and O–H groups in total. The van der Waals surface area contributed by atoms with Crippen LogP contribution in [0.2, 0.25) is 0 Å². The summed E-state index contributed by atoms with van der Waals surface area (Å²) in [6.45, 7) is 2.37. The Bertz CT molecular complexity index is 840. The Kier molecular flexibility index (Phi) is 6.59. The van der Waals surface area contributed by atoms with E-state index in [1.54, 1.807) is 19.1 Å². The number of piperidine rings is 1. The number of aromatic nitrogens is 3. The topological polar surface area (TPSA) is 69.5 Å². The van der Waals surface area contributed by atoms with Crippen molar-refractivity contribution in [1.82, 2.24) is 19.7 Å². The van der Waals surface area contributed by atoms with Crippen molar-refractivity contribution in [2.75, 3.05) is 27.3 Å². The van der Waals surface area contributed by atoms with E-state index in [0.29, 0.717) is 18.8 Å². The van der Waals surface area contributed by atoms with Crippen molar-refractivity contribution in [2.24, 2.45) is 0 Å². The van der Waals surface area contributed by atoms with Crippen molar-refractivity contribution >= 4 is 17.2 Å². The van der Waals surface area contributed by atoms with Gasteiger partial charge >= 0.3 is 6.18 Å². The maximum absolute atomic E-state index is 12.8. The first-order valence-corrected chi connectivity index (χ1v) is 10.0. The largest absolute Gasteiger partial charge is 0.435 e. The van der Waals surface area contributed by atoms with Gasteiger partial charge in [0.25, 0.3) is 0 Å². The highest BCUT2D eigenvalue weighted by molar-refractivity contribution is 7.09. The Balaban J connectivity index is 1.57. The molecule has 11 heteroatoms. The molecule has 1 amide bonds. The van der Waals surface area contributed by atoms with Gasteiger partial charge in [0, 0.05) is 44.3 Å². The minimum Gasteiger partial charge on any atom is -0.350 e.